The van der Waals surface area contributed by atoms with Crippen molar-refractivity contribution >= 4 is 11.8 Å². The SMILES string of the molecule is CCC(C(=O)[C@@H](C)[C@@H](O)[C@H](C)[C@@H]1O[C@@H]([C@@H](CC)c2nnco2)CC[C@@H]1C)[C@H]1O[C@]2(C=C[C@@H](OC(C)=O)[C@]3(CC[C@@](C)([C@H]4CC[C@](O)(CC)[C@H](C)O4)O3)O2)[C@H](C)C[C@@H]1C. The number of ketones is 1. The van der Waals surface area contributed by atoms with Gasteiger partial charge in [0.1, 0.15) is 5.78 Å². The minimum absolute atomic E-state index is 0.0118. The number of carbonyl (C=O) groups is 2. The van der Waals surface area contributed by atoms with E-state index in [4.69, 9.17) is 32.8 Å². The van der Waals surface area contributed by atoms with Crippen LogP contribution in [0.3, 0.4) is 0 Å². The van der Waals surface area contributed by atoms with Gasteiger partial charge in [-0.15, -0.1) is 10.2 Å². The highest BCUT2D eigenvalue weighted by molar-refractivity contribution is 5.84. The van der Waals surface area contributed by atoms with Gasteiger partial charge in [-0.3, -0.25) is 9.59 Å². The number of esters is 1. The van der Waals surface area contributed by atoms with Crippen molar-refractivity contribution in [2.24, 2.45) is 35.5 Å². The normalized spacial score (nSPS) is 43.2. The highest BCUT2D eigenvalue weighted by Gasteiger charge is 2.64. The number of ether oxygens (including phenoxy) is 6. The van der Waals surface area contributed by atoms with Gasteiger partial charge >= 0.3 is 5.97 Å². The molecule has 328 valence electrons. The van der Waals surface area contributed by atoms with Crippen molar-refractivity contribution in [3.05, 3.63) is 24.4 Å². The highest BCUT2D eigenvalue weighted by Crippen LogP contribution is 2.54. The number of Topliss-reactive ketones (excluding diaryl/α,β-unsaturated/α-hetero) is 1. The molecule has 0 saturated carbocycles. The van der Waals surface area contributed by atoms with E-state index in [0.29, 0.717) is 50.8 Å². The first-order valence-corrected chi connectivity index (χ1v) is 22.3. The average molecular weight is 817 g/mol. The average Bonchev–Trinajstić information content (AvgIpc) is 3.85. The lowest BCUT2D eigenvalue weighted by Gasteiger charge is -2.54. The number of aliphatic hydroxyl groups is 2. The molecule has 0 radical (unpaired) electrons. The smallest absolute Gasteiger partial charge is 0.303 e. The molecule has 0 bridgehead atoms. The van der Waals surface area contributed by atoms with Crippen LogP contribution < -0.4 is 0 Å². The molecule has 2 N–H and O–H groups in total. The van der Waals surface area contributed by atoms with Crippen molar-refractivity contribution < 1.29 is 52.6 Å². The summed E-state index contributed by atoms with van der Waals surface area (Å²) >= 11 is 0. The third-order valence-electron chi connectivity index (χ3n) is 15.1. The first kappa shape index (κ1) is 45.3. The predicted molar refractivity (Wildman–Crippen MR) is 214 cm³/mol. The Kier molecular flexibility index (Phi) is 13.7. The number of aliphatic hydroxyl groups excluding tert-OH is 1. The zero-order chi connectivity index (χ0) is 42.4. The van der Waals surface area contributed by atoms with Gasteiger partial charge in [-0.25, -0.2) is 0 Å². The maximum absolute atomic E-state index is 14.7. The van der Waals surface area contributed by atoms with E-state index in [1.54, 1.807) is 0 Å². The second kappa shape index (κ2) is 17.6. The van der Waals surface area contributed by atoms with Crippen molar-refractivity contribution in [3.63, 3.8) is 0 Å². The third-order valence-corrected chi connectivity index (χ3v) is 15.1. The summed E-state index contributed by atoms with van der Waals surface area (Å²) in [5.74, 6) is -4.03. The Labute approximate surface area is 345 Å². The number of rotatable bonds is 13. The molecule has 0 aromatic carbocycles. The Morgan fingerprint density at radius 2 is 1.71 bits per heavy atom. The van der Waals surface area contributed by atoms with E-state index >= 15 is 0 Å². The van der Waals surface area contributed by atoms with E-state index in [2.05, 4.69) is 37.9 Å². The molecule has 6 heterocycles. The van der Waals surface area contributed by atoms with E-state index < -0.39 is 58.9 Å². The topological polar surface area (TPSA) is 169 Å². The summed E-state index contributed by atoms with van der Waals surface area (Å²) in [7, 11) is 0. The van der Waals surface area contributed by atoms with E-state index in [1.807, 2.05) is 53.7 Å². The molecule has 6 rings (SSSR count). The molecule has 13 nitrogen and oxygen atoms in total. The minimum Gasteiger partial charge on any atom is -0.453 e. The summed E-state index contributed by atoms with van der Waals surface area (Å²) in [4.78, 5) is 27.1. The molecule has 13 heteroatoms. The molecule has 4 fully saturated rings. The Hall–Kier alpha value is -2.26. The summed E-state index contributed by atoms with van der Waals surface area (Å²) in [6.07, 6.45) is 8.27. The number of carbonyl (C=O) groups excluding carboxylic acids is 2. The van der Waals surface area contributed by atoms with Gasteiger partial charge in [0, 0.05) is 37.0 Å². The minimum atomic E-state index is -1.36. The fourth-order valence-electron chi connectivity index (χ4n) is 11.1. The van der Waals surface area contributed by atoms with Crippen LogP contribution in [0, 0.1) is 35.5 Å². The van der Waals surface area contributed by atoms with Gasteiger partial charge in [-0.1, -0.05) is 55.4 Å². The van der Waals surface area contributed by atoms with Crippen LogP contribution in [-0.2, 0) is 38.0 Å². The summed E-state index contributed by atoms with van der Waals surface area (Å²) in [6.45, 7) is 21.5. The number of hydrogen-bond acceptors (Lipinski definition) is 13. The standard InChI is InChI=1S/C45H72N2O11/c1-12-32(41-47-46-24-52-41)34-16-15-25(4)39(55-34)29(8)37(49)28(7)38(50)33(13-2)40-26(5)23-27(6)44(56-40)20-18-36(54-31(10)48)45(58-44)22-21-42(11,57-45)35-17-19-43(51,14-3)30(9)53-35/h18,20,24-30,32-37,39-40,49,51H,12-17,19,21-23H2,1-11H3/t25-,26-,27+,28-,29-,30-,32+,33?,34+,35+,36+,37+,39+,40-,42-,43+,44-,45-/m0/s1. The van der Waals surface area contributed by atoms with Gasteiger partial charge in [-0.05, 0) is 95.6 Å². The van der Waals surface area contributed by atoms with E-state index in [0.717, 1.165) is 19.3 Å². The zero-order valence-corrected chi connectivity index (χ0v) is 36.8. The maximum Gasteiger partial charge on any atom is 0.303 e. The van der Waals surface area contributed by atoms with Gasteiger partial charge < -0.3 is 43.1 Å². The van der Waals surface area contributed by atoms with E-state index in [-0.39, 0.29) is 59.8 Å². The van der Waals surface area contributed by atoms with Crippen molar-refractivity contribution in [2.75, 3.05) is 0 Å². The Balaban J connectivity index is 1.20. The van der Waals surface area contributed by atoms with Crippen LogP contribution in [0.5, 0.6) is 0 Å². The summed E-state index contributed by atoms with van der Waals surface area (Å²) in [5, 5.41) is 31.1. The molecule has 1 aromatic rings. The lowest BCUT2D eigenvalue weighted by Crippen LogP contribution is -2.63. The van der Waals surface area contributed by atoms with Gasteiger partial charge in [-0.2, -0.15) is 0 Å². The molecule has 18 atom stereocenters. The van der Waals surface area contributed by atoms with Crippen LogP contribution in [0.2, 0.25) is 0 Å². The lowest BCUT2D eigenvalue weighted by atomic mass is 9.72. The summed E-state index contributed by atoms with van der Waals surface area (Å²) in [6, 6.07) is 0. The van der Waals surface area contributed by atoms with E-state index in [9.17, 15) is 19.8 Å². The Bertz CT molecular complexity index is 1590. The fraction of sp³-hybridized carbons (Fsp3) is 0.867. The quantitative estimate of drug-likeness (QED) is 0.151. The number of nitrogens with zero attached hydrogens (tertiary/aromatic N) is 2. The van der Waals surface area contributed by atoms with E-state index in [1.165, 1.54) is 13.3 Å². The van der Waals surface area contributed by atoms with Crippen LogP contribution in [-0.4, -0.2) is 97.7 Å². The van der Waals surface area contributed by atoms with Crippen molar-refractivity contribution in [1.82, 2.24) is 10.2 Å². The largest absolute Gasteiger partial charge is 0.453 e. The number of aromatic nitrogens is 2. The second-order valence-electron chi connectivity index (χ2n) is 18.9. The lowest BCUT2D eigenvalue weighted by molar-refractivity contribution is -0.409. The van der Waals surface area contributed by atoms with Crippen molar-refractivity contribution in [1.29, 1.82) is 0 Å². The van der Waals surface area contributed by atoms with Crippen molar-refractivity contribution in [3.8, 4) is 0 Å². The molecule has 0 amide bonds. The molecular weight excluding hydrogens is 744 g/mol. The fourth-order valence-corrected chi connectivity index (χ4v) is 11.1. The first-order chi connectivity index (χ1) is 27.4. The molecule has 4 saturated heterocycles. The Morgan fingerprint density at radius 3 is 2.33 bits per heavy atom. The highest BCUT2D eigenvalue weighted by atomic mass is 16.8. The van der Waals surface area contributed by atoms with Crippen molar-refractivity contribution in [2.45, 2.75) is 212 Å². The molecule has 5 aliphatic rings. The monoisotopic (exact) mass is 817 g/mol. The summed E-state index contributed by atoms with van der Waals surface area (Å²) in [5.41, 5.74) is -1.68. The molecule has 5 aliphatic heterocycles. The Morgan fingerprint density at radius 1 is 0.966 bits per heavy atom. The molecule has 1 aromatic heterocycles. The number of hydrogen-bond donors (Lipinski definition) is 2. The predicted octanol–water partition coefficient (Wildman–Crippen LogP) is 7.22. The van der Waals surface area contributed by atoms with Crippen LogP contribution in [0.25, 0.3) is 0 Å². The van der Waals surface area contributed by atoms with Gasteiger partial charge in [0.25, 0.3) is 0 Å². The van der Waals surface area contributed by atoms with Gasteiger partial charge in [0.05, 0.1) is 53.7 Å². The maximum atomic E-state index is 14.7. The van der Waals surface area contributed by atoms with Crippen LogP contribution in [0.4, 0.5) is 0 Å². The molecular formula is C45H72N2O11. The molecule has 58 heavy (non-hydrogen) atoms. The summed E-state index contributed by atoms with van der Waals surface area (Å²) < 4.78 is 45.9. The molecule has 1 unspecified atom stereocenters. The third kappa shape index (κ3) is 8.48. The first-order valence-electron chi connectivity index (χ1n) is 22.3. The van der Waals surface area contributed by atoms with Gasteiger partial charge in [0.2, 0.25) is 18.1 Å². The second-order valence-corrected chi connectivity index (χ2v) is 18.9. The van der Waals surface area contributed by atoms with Gasteiger partial charge in [0.15, 0.2) is 11.9 Å². The molecule has 0 aliphatic carbocycles. The van der Waals surface area contributed by atoms with Crippen LogP contribution >= 0.6 is 0 Å². The zero-order valence-electron chi connectivity index (χ0n) is 36.8. The van der Waals surface area contributed by atoms with Crippen LogP contribution in [0.15, 0.2) is 23.0 Å². The van der Waals surface area contributed by atoms with Crippen LogP contribution in [0.1, 0.15) is 152 Å². The molecule has 2 spiro atoms.